The van der Waals surface area contributed by atoms with Gasteiger partial charge in [-0.1, -0.05) is 22.9 Å². The lowest BCUT2D eigenvalue weighted by Crippen LogP contribution is -2.41. The van der Waals surface area contributed by atoms with Crippen molar-refractivity contribution in [3.63, 3.8) is 0 Å². The van der Waals surface area contributed by atoms with E-state index < -0.39 is 0 Å². The number of likely N-dealkylation sites (N-methyl/N-ethyl adjacent to an activating group) is 1. The van der Waals surface area contributed by atoms with Gasteiger partial charge in [-0.25, -0.2) is 0 Å². The molecule has 1 aromatic rings. The minimum atomic E-state index is 0.445. The van der Waals surface area contributed by atoms with Crippen molar-refractivity contribution in [2.45, 2.75) is 25.8 Å². The van der Waals surface area contributed by atoms with Crippen LogP contribution in [-0.2, 0) is 0 Å². The number of piperidine rings is 1. The molecule has 4 heteroatoms. The Kier molecular flexibility index (Phi) is 4.62. The van der Waals surface area contributed by atoms with Crippen molar-refractivity contribution in [3.05, 3.63) is 28.2 Å². The van der Waals surface area contributed by atoms with Gasteiger partial charge in [-0.15, -0.1) is 0 Å². The van der Waals surface area contributed by atoms with E-state index in [1.54, 1.807) is 0 Å². The van der Waals surface area contributed by atoms with Gasteiger partial charge in [0, 0.05) is 17.1 Å². The van der Waals surface area contributed by atoms with Gasteiger partial charge in [0.25, 0.3) is 0 Å². The molecule has 0 saturated carbocycles. The minimum absolute atomic E-state index is 0.445. The van der Waals surface area contributed by atoms with E-state index in [2.05, 4.69) is 39.1 Å². The van der Waals surface area contributed by atoms with E-state index in [-0.39, 0.29) is 0 Å². The summed E-state index contributed by atoms with van der Waals surface area (Å²) < 4.78 is 1.01. The molecule has 1 heterocycles. The van der Waals surface area contributed by atoms with E-state index in [9.17, 15) is 0 Å². The molecule has 1 atom stereocenters. The number of nitriles is 1. The zero-order chi connectivity index (χ0) is 13.0. The van der Waals surface area contributed by atoms with Crippen LogP contribution in [0.2, 0.25) is 0 Å². The zero-order valence-corrected chi connectivity index (χ0v) is 12.2. The molecule has 0 aliphatic carbocycles. The van der Waals surface area contributed by atoms with Gasteiger partial charge >= 0.3 is 0 Å². The molecule has 96 valence electrons. The molecule has 2 rings (SSSR count). The van der Waals surface area contributed by atoms with Crippen molar-refractivity contribution in [3.8, 4) is 6.07 Å². The van der Waals surface area contributed by atoms with Gasteiger partial charge in [0.05, 0.1) is 11.3 Å². The highest BCUT2D eigenvalue weighted by Crippen LogP contribution is 2.23. The first-order valence-electron chi connectivity index (χ1n) is 6.41. The molecular formula is C14H18BrN3. The number of halogens is 1. The van der Waals surface area contributed by atoms with Crippen LogP contribution in [0.5, 0.6) is 0 Å². The fourth-order valence-electron chi connectivity index (χ4n) is 2.41. The van der Waals surface area contributed by atoms with Gasteiger partial charge in [0.2, 0.25) is 0 Å². The lowest BCUT2D eigenvalue weighted by molar-refractivity contribution is 0.227. The van der Waals surface area contributed by atoms with E-state index in [1.807, 2.05) is 18.2 Å². The smallest absolute Gasteiger partial charge is 0.101 e. The Balaban J connectivity index is 2.09. The van der Waals surface area contributed by atoms with Crippen molar-refractivity contribution in [1.82, 2.24) is 4.90 Å². The predicted molar refractivity (Wildman–Crippen MR) is 77.6 cm³/mol. The van der Waals surface area contributed by atoms with Gasteiger partial charge < -0.3 is 10.2 Å². The quantitative estimate of drug-likeness (QED) is 0.932. The van der Waals surface area contributed by atoms with Crippen molar-refractivity contribution < 1.29 is 0 Å². The molecule has 0 spiro atoms. The van der Waals surface area contributed by atoms with Crippen molar-refractivity contribution in [1.29, 1.82) is 5.26 Å². The standard InChI is InChI=1S/C14H18BrN3/c1-2-18-7-3-4-13(10-18)17-14-8-12(15)6-5-11(14)9-16/h5-6,8,13,17H,2-4,7,10H2,1H3. The zero-order valence-electron chi connectivity index (χ0n) is 10.6. The summed E-state index contributed by atoms with van der Waals surface area (Å²) in [7, 11) is 0. The average Bonchev–Trinajstić information content (AvgIpc) is 2.39. The van der Waals surface area contributed by atoms with Gasteiger partial charge in [-0.2, -0.15) is 5.26 Å². The summed E-state index contributed by atoms with van der Waals surface area (Å²) in [6.07, 6.45) is 2.40. The number of rotatable bonds is 3. The lowest BCUT2D eigenvalue weighted by atomic mass is 10.0. The highest BCUT2D eigenvalue weighted by Gasteiger charge is 2.19. The average molecular weight is 308 g/mol. The van der Waals surface area contributed by atoms with E-state index in [0.29, 0.717) is 11.6 Å². The van der Waals surface area contributed by atoms with Crippen LogP contribution in [0.3, 0.4) is 0 Å². The summed E-state index contributed by atoms with van der Waals surface area (Å²) >= 11 is 3.46. The molecule has 0 radical (unpaired) electrons. The Bertz CT molecular complexity index is 453. The van der Waals surface area contributed by atoms with Crippen LogP contribution in [-0.4, -0.2) is 30.6 Å². The second kappa shape index (κ2) is 6.21. The van der Waals surface area contributed by atoms with Gasteiger partial charge in [-0.3, -0.25) is 0 Å². The molecule has 0 amide bonds. The minimum Gasteiger partial charge on any atom is -0.380 e. The van der Waals surface area contributed by atoms with Crippen molar-refractivity contribution in [2.75, 3.05) is 25.0 Å². The third-order valence-corrected chi connectivity index (χ3v) is 3.91. The Hall–Kier alpha value is -1.05. The first-order chi connectivity index (χ1) is 8.72. The number of anilines is 1. The SMILES string of the molecule is CCN1CCCC(Nc2cc(Br)ccc2C#N)C1. The first kappa shape index (κ1) is 13.4. The molecule has 1 aromatic carbocycles. The fourth-order valence-corrected chi connectivity index (χ4v) is 2.77. The van der Waals surface area contributed by atoms with Crippen LogP contribution in [0.4, 0.5) is 5.69 Å². The number of nitrogens with one attached hydrogen (secondary N) is 1. The Morgan fingerprint density at radius 2 is 2.39 bits per heavy atom. The van der Waals surface area contributed by atoms with Crippen LogP contribution in [0.1, 0.15) is 25.3 Å². The molecular weight excluding hydrogens is 290 g/mol. The third kappa shape index (κ3) is 3.24. The van der Waals surface area contributed by atoms with Crippen molar-refractivity contribution >= 4 is 21.6 Å². The largest absolute Gasteiger partial charge is 0.380 e. The molecule has 1 fully saturated rings. The molecule has 18 heavy (non-hydrogen) atoms. The molecule has 1 saturated heterocycles. The maximum absolute atomic E-state index is 9.12. The Morgan fingerprint density at radius 3 is 3.11 bits per heavy atom. The highest BCUT2D eigenvalue weighted by atomic mass is 79.9. The van der Waals surface area contributed by atoms with Gasteiger partial charge in [0.1, 0.15) is 6.07 Å². The number of benzene rings is 1. The normalized spacial score (nSPS) is 20.4. The van der Waals surface area contributed by atoms with Crippen molar-refractivity contribution in [2.24, 2.45) is 0 Å². The fraction of sp³-hybridized carbons (Fsp3) is 0.500. The summed E-state index contributed by atoms with van der Waals surface area (Å²) in [5.41, 5.74) is 1.65. The first-order valence-corrected chi connectivity index (χ1v) is 7.20. The van der Waals surface area contributed by atoms with Crippen LogP contribution in [0, 0.1) is 11.3 Å². The summed E-state index contributed by atoms with van der Waals surface area (Å²) in [6, 6.07) is 8.43. The topological polar surface area (TPSA) is 39.1 Å². The molecule has 0 aromatic heterocycles. The molecule has 1 N–H and O–H groups in total. The second-order valence-corrected chi connectivity index (χ2v) is 5.59. The number of hydrogen-bond donors (Lipinski definition) is 1. The maximum atomic E-state index is 9.12. The monoisotopic (exact) mass is 307 g/mol. The lowest BCUT2D eigenvalue weighted by Gasteiger charge is -2.33. The molecule has 1 aliphatic rings. The number of hydrogen-bond acceptors (Lipinski definition) is 3. The highest BCUT2D eigenvalue weighted by molar-refractivity contribution is 9.10. The van der Waals surface area contributed by atoms with Crippen LogP contribution in [0.25, 0.3) is 0 Å². The summed E-state index contributed by atoms with van der Waals surface area (Å²) in [5.74, 6) is 0. The van der Waals surface area contributed by atoms with Crippen LogP contribution >= 0.6 is 15.9 Å². The van der Waals surface area contributed by atoms with Crippen LogP contribution in [0.15, 0.2) is 22.7 Å². The van der Waals surface area contributed by atoms with Gasteiger partial charge in [0.15, 0.2) is 0 Å². The maximum Gasteiger partial charge on any atom is 0.101 e. The van der Waals surface area contributed by atoms with Crippen LogP contribution < -0.4 is 5.32 Å². The Morgan fingerprint density at radius 1 is 1.56 bits per heavy atom. The number of likely N-dealkylation sites (tertiary alicyclic amines) is 1. The van der Waals surface area contributed by atoms with E-state index >= 15 is 0 Å². The summed E-state index contributed by atoms with van der Waals surface area (Å²) in [6.45, 7) is 5.55. The van der Waals surface area contributed by atoms with Gasteiger partial charge in [-0.05, 0) is 44.1 Å². The molecule has 0 bridgehead atoms. The Labute approximate surface area is 117 Å². The third-order valence-electron chi connectivity index (χ3n) is 3.41. The second-order valence-electron chi connectivity index (χ2n) is 4.68. The van der Waals surface area contributed by atoms with E-state index in [1.165, 1.54) is 19.4 Å². The summed E-state index contributed by atoms with van der Waals surface area (Å²) in [5, 5.41) is 12.6. The summed E-state index contributed by atoms with van der Waals surface area (Å²) in [4.78, 5) is 2.45. The molecule has 1 unspecified atom stereocenters. The predicted octanol–water partition coefficient (Wildman–Crippen LogP) is 3.22. The molecule has 3 nitrogen and oxygen atoms in total. The van der Waals surface area contributed by atoms with E-state index in [0.717, 1.165) is 23.2 Å². The van der Waals surface area contributed by atoms with E-state index in [4.69, 9.17) is 5.26 Å². The number of nitrogens with zero attached hydrogens (tertiary/aromatic N) is 2. The molecule has 1 aliphatic heterocycles.